The molecule has 3 rings (SSSR count). The second-order valence-electron chi connectivity index (χ2n) is 5.81. The summed E-state index contributed by atoms with van der Waals surface area (Å²) in [5, 5.41) is 0. The number of esters is 1. The average molecular weight is 365 g/mol. The first kappa shape index (κ1) is 15.6. The van der Waals surface area contributed by atoms with Gasteiger partial charge in [-0.15, -0.1) is 0 Å². The van der Waals surface area contributed by atoms with Gasteiger partial charge in [-0.3, -0.25) is 0 Å². The molecule has 0 unspecified atom stereocenters. The molecule has 1 aliphatic carbocycles. The Labute approximate surface area is 138 Å². The number of carbonyl (C=O) groups excluding carboxylic acids is 1. The van der Waals surface area contributed by atoms with Gasteiger partial charge in [-0.05, 0) is 0 Å². The Kier molecular flexibility index (Phi) is 5.22. The molecule has 1 heterocycles. The molecule has 4 heteroatoms. The van der Waals surface area contributed by atoms with Gasteiger partial charge >= 0.3 is 138 Å². The van der Waals surface area contributed by atoms with Crippen molar-refractivity contribution >= 4 is 25.4 Å². The van der Waals surface area contributed by atoms with Gasteiger partial charge in [0.25, 0.3) is 0 Å². The van der Waals surface area contributed by atoms with Gasteiger partial charge in [-0.1, -0.05) is 0 Å². The minimum absolute atomic E-state index is 0.277. The van der Waals surface area contributed by atoms with Crippen molar-refractivity contribution in [3.63, 3.8) is 0 Å². The van der Waals surface area contributed by atoms with Gasteiger partial charge in [-0.25, -0.2) is 0 Å². The summed E-state index contributed by atoms with van der Waals surface area (Å²) in [5.41, 5.74) is 0. The molecule has 2 aliphatic rings. The van der Waals surface area contributed by atoms with E-state index in [4.69, 9.17) is 9.47 Å². The monoisotopic (exact) mass is 366 g/mol. The molecule has 0 bridgehead atoms. The van der Waals surface area contributed by atoms with Crippen LogP contribution in [0, 0.1) is 5.92 Å². The SMILES string of the molecule is CCOC(=O)/C=C1\C[C@@H]2CCC[C@@H]([Se]c3ccccc3)[C@@H]2O1. The maximum atomic E-state index is 11.6. The van der Waals surface area contributed by atoms with Gasteiger partial charge in [0.15, 0.2) is 0 Å². The van der Waals surface area contributed by atoms with Crippen LogP contribution in [0.1, 0.15) is 32.6 Å². The third-order valence-electron chi connectivity index (χ3n) is 4.24. The Morgan fingerprint density at radius 2 is 2.18 bits per heavy atom. The maximum absolute atomic E-state index is 11.6. The third-order valence-corrected chi connectivity index (χ3v) is 7.08. The molecule has 118 valence electrons. The van der Waals surface area contributed by atoms with Gasteiger partial charge in [-0.2, -0.15) is 0 Å². The number of benzene rings is 1. The molecule has 1 saturated heterocycles. The van der Waals surface area contributed by atoms with Crippen LogP contribution in [-0.4, -0.2) is 33.6 Å². The number of hydrogen-bond acceptors (Lipinski definition) is 3. The van der Waals surface area contributed by atoms with E-state index in [1.165, 1.54) is 23.7 Å². The Balaban J connectivity index is 1.67. The Hall–Kier alpha value is -1.25. The molecule has 0 aromatic heterocycles. The molecule has 1 aliphatic heterocycles. The average Bonchev–Trinajstić information content (AvgIpc) is 2.92. The van der Waals surface area contributed by atoms with Gasteiger partial charge in [0.1, 0.15) is 0 Å². The predicted molar refractivity (Wildman–Crippen MR) is 87.1 cm³/mol. The topological polar surface area (TPSA) is 35.5 Å². The zero-order valence-electron chi connectivity index (χ0n) is 12.9. The molecule has 3 nitrogen and oxygen atoms in total. The normalized spacial score (nSPS) is 29.0. The number of fused-ring (bicyclic) bond motifs is 1. The summed E-state index contributed by atoms with van der Waals surface area (Å²) >= 11 is 0.434. The van der Waals surface area contributed by atoms with E-state index in [2.05, 4.69) is 30.3 Å². The summed E-state index contributed by atoms with van der Waals surface area (Å²) in [7, 11) is 0. The molecule has 3 atom stereocenters. The Bertz CT molecular complexity index is 541. The summed E-state index contributed by atoms with van der Waals surface area (Å²) in [4.78, 5) is 12.2. The zero-order valence-corrected chi connectivity index (χ0v) is 14.6. The second-order valence-corrected chi connectivity index (χ2v) is 8.56. The molecule has 0 spiro atoms. The van der Waals surface area contributed by atoms with Crippen LogP contribution < -0.4 is 4.46 Å². The molecule has 1 saturated carbocycles. The molecule has 0 amide bonds. The number of carbonyl (C=O) groups is 1. The van der Waals surface area contributed by atoms with Crippen molar-refractivity contribution in [3.8, 4) is 0 Å². The van der Waals surface area contributed by atoms with Crippen molar-refractivity contribution in [2.45, 2.75) is 43.5 Å². The molecule has 0 radical (unpaired) electrons. The van der Waals surface area contributed by atoms with E-state index in [0.29, 0.717) is 32.3 Å². The first-order valence-corrected chi connectivity index (χ1v) is 9.86. The van der Waals surface area contributed by atoms with Crippen molar-refractivity contribution in [1.29, 1.82) is 0 Å². The third kappa shape index (κ3) is 3.74. The quantitative estimate of drug-likeness (QED) is 0.468. The first-order chi connectivity index (χ1) is 10.8. The fourth-order valence-electron chi connectivity index (χ4n) is 3.29. The van der Waals surface area contributed by atoms with E-state index in [-0.39, 0.29) is 12.1 Å². The second kappa shape index (κ2) is 7.34. The van der Waals surface area contributed by atoms with E-state index in [9.17, 15) is 4.79 Å². The zero-order chi connectivity index (χ0) is 15.4. The molecular weight excluding hydrogens is 343 g/mol. The minimum atomic E-state index is -0.277. The summed E-state index contributed by atoms with van der Waals surface area (Å²) in [6.45, 7) is 2.24. The van der Waals surface area contributed by atoms with Crippen molar-refractivity contribution < 1.29 is 14.3 Å². The summed E-state index contributed by atoms with van der Waals surface area (Å²) in [6, 6.07) is 10.7. The molecule has 1 aromatic carbocycles. The van der Waals surface area contributed by atoms with Gasteiger partial charge in [0, 0.05) is 0 Å². The fourth-order valence-corrected chi connectivity index (χ4v) is 6.15. The van der Waals surface area contributed by atoms with Crippen LogP contribution in [0.4, 0.5) is 0 Å². The van der Waals surface area contributed by atoms with E-state index in [1.807, 2.05) is 6.92 Å². The number of rotatable bonds is 4. The van der Waals surface area contributed by atoms with E-state index < -0.39 is 0 Å². The van der Waals surface area contributed by atoms with Crippen molar-refractivity contribution in [3.05, 3.63) is 42.2 Å². The van der Waals surface area contributed by atoms with Crippen LogP contribution in [-0.2, 0) is 14.3 Å². The standard InChI is InChI=1S/C18H22O3Se/c1-2-20-17(19)12-14-11-13-7-6-10-16(18(13)21-14)22-15-8-4-3-5-9-15/h3-5,8-9,12-13,16,18H,2,6-7,10-11H2,1H3/b14-12+/t13-,16+,18+/m0/s1. The van der Waals surface area contributed by atoms with Gasteiger partial charge < -0.3 is 0 Å². The predicted octanol–water partition coefficient (Wildman–Crippen LogP) is 2.84. The molecule has 0 N–H and O–H groups in total. The summed E-state index contributed by atoms with van der Waals surface area (Å²) < 4.78 is 12.6. The van der Waals surface area contributed by atoms with Crippen LogP contribution >= 0.6 is 0 Å². The van der Waals surface area contributed by atoms with Gasteiger partial charge in [0.05, 0.1) is 0 Å². The first-order valence-electron chi connectivity index (χ1n) is 8.02. The van der Waals surface area contributed by atoms with Gasteiger partial charge in [0.2, 0.25) is 0 Å². The fraction of sp³-hybridized carbons (Fsp3) is 0.500. The Morgan fingerprint density at radius 1 is 1.36 bits per heavy atom. The van der Waals surface area contributed by atoms with Crippen molar-refractivity contribution in [2.75, 3.05) is 6.61 Å². The molecule has 2 fully saturated rings. The Morgan fingerprint density at radius 3 is 2.95 bits per heavy atom. The number of hydrogen-bond donors (Lipinski definition) is 0. The van der Waals surface area contributed by atoms with Crippen LogP contribution in [0.25, 0.3) is 0 Å². The van der Waals surface area contributed by atoms with Crippen molar-refractivity contribution in [2.24, 2.45) is 5.92 Å². The van der Waals surface area contributed by atoms with E-state index >= 15 is 0 Å². The van der Waals surface area contributed by atoms with Crippen molar-refractivity contribution in [1.82, 2.24) is 0 Å². The molecular formula is C18H22O3Se. The van der Waals surface area contributed by atoms with Crippen LogP contribution in [0.2, 0.25) is 4.82 Å². The van der Waals surface area contributed by atoms with E-state index in [0.717, 1.165) is 12.2 Å². The van der Waals surface area contributed by atoms with Crippen LogP contribution in [0.3, 0.4) is 0 Å². The molecule has 22 heavy (non-hydrogen) atoms. The van der Waals surface area contributed by atoms with E-state index in [1.54, 1.807) is 6.08 Å². The number of ether oxygens (including phenoxy) is 2. The number of allylic oxidation sites excluding steroid dienone is 1. The van der Waals surface area contributed by atoms with Crippen LogP contribution in [0.5, 0.6) is 0 Å². The molecule has 1 aromatic rings. The van der Waals surface area contributed by atoms with Crippen LogP contribution in [0.15, 0.2) is 42.2 Å². The summed E-state index contributed by atoms with van der Waals surface area (Å²) in [5.74, 6) is 1.12. The summed E-state index contributed by atoms with van der Waals surface area (Å²) in [6.07, 6.45) is 6.46.